The number of nitrogens with two attached hydrogens (primary N) is 2. The van der Waals surface area contributed by atoms with Crippen LogP contribution in [0, 0.1) is 0 Å². The molecular formula is C13H25N5O4. The molecule has 1 rings (SSSR count). The number of urea groups is 1. The van der Waals surface area contributed by atoms with E-state index < -0.39 is 23.6 Å². The molecule has 1 fully saturated rings. The Labute approximate surface area is 129 Å². The van der Waals surface area contributed by atoms with Gasteiger partial charge in [0, 0.05) is 32.2 Å². The molecule has 9 heteroatoms. The van der Waals surface area contributed by atoms with Gasteiger partial charge in [-0.3, -0.25) is 15.0 Å². The number of hydrogen-bond donors (Lipinski definition) is 3. The van der Waals surface area contributed by atoms with Gasteiger partial charge in [-0.05, 0) is 20.8 Å². The Kier molecular flexibility index (Phi) is 6.12. The first-order chi connectivity index (χ1) is 10.1. The highest BCUT2D eigenvalue weighted by Crippen LogP contribution is 2.14. The van der Waals surface area contributed by atoms with Crippen LogP contribution in [0.2, 0.25) is 0 Å². The summed E-state index contributed by atoms with van der Waals surface area (Å²) in [5.41, 5.74) is 10.1. The van der Waals surface area contributed by atoms with Crippen LogP contribution in [0.25, 0.3) is 0 Å². The van der Waals surface area contributed by atoms with E-state index in [0.717, 1.165) is 0 Å². The summed E-state index contributed by atoms with van der Waals surface area (Å²) in [6.45, 7) is 6.95. The molecule has 1 aliphatic heterocycles. The SMILES string of the molecule is CC(C)(C)OC(=O)N1CCN(CC(=O)NC(N)=O)C(CN)C1. The van der Waals surface area contributed by atoms with Crippen LogP contribution in [0.4, 0.5) is 9.59 Å². The Hall–Kier alpha value is -1.87. The van der Waals surface area contributed by atoms with Gasteiger partial charge in [0.05, 0.1) is 6.54 Å². The van der Waals surface area contributed by atoms with Crippen LogP contribution in [-0.4, -0.2) is 72.2 Å². The Bertz CT molecular complexity index is 435. The van der Waals surface area contributed by atoms with Crippen molar-refractivity contribution in [2.45, 2.75) is 32.4 Å². The average Bonchev–Trinajstić information content (AvgIpc) is 2.35. The highest BCUT2D eigenvalue weighted by molar-refractivity contribution is 5.94. The minimum Gasteiger partial charge on any atom is -0.444 e. The van der Waals surface area contributed by atoms with Crippen molar-refractivity contribution in [2.75, 3.05) is 32.7 Å². The predicted octanol–water partition coefficient (Wildman–Crippen LogP) is -0.939. The van der Waals surface area contributed by atoms with Crippen LogP contribution in [0.3, 0.4) is 0 Å². The first-order valence-corrected chi connectivity index (χ1v) is 7.13. The van der Waals surface area contributed by atoms with E-state index in [1.807, 2.05) is 10.2 Å². The molecule has 1 heterocycles. The Morgan fingerprint density at radius 3 is 2.41 bits per heavy atom. The number of nitrogens with one attached hydrogen (secondary N) is 1. The van der Waals surface area contributed by atoms with Gasteiger partial charge >= 0.3 is 12.1 Å². The summed E-state index contributed by atoms with van der Waals surface area (Å²) in [6, 6.07) is -1.07. The van der Waals surface area contributed by atoms with Gasteiger partial charge < -0.3 is 21.1 Å². The fraction of sp³-hybridized carbons (Fsp3) is 0.769. The lowest BCUT2D eigenvalue weighted by Gasteiger charge is -2.40. The molecule has 0 spiro atoms. The number of amides is 4. The molecule has 5 N–H and O–H groups in total. The van der Waals surface area contributed by atoms with Crippen molar-refractivity contribution in [3.8, 4) is 0 Å². The van der Waals surface area contributed by atoms with Crippen LogP contribution < -0.4 is 16.8 Å². The number of nitrogens with zero attached hydrogens (tertiary/aromatic N) is 2. The lowest BCUT2D eigenvalue weighted by atomic mass is 10.1. The monoisotopic (exact) mass is 315 g/mol. The van der Waals surface area contributed by atoms with E-state index in [2.05, 4.69) is 0 Å². The van der Waals surface area contributed by atoms with Gasteiger partial charge in [0.25, 0.3) is 0 Å². The number of carbonyl (C=O) groups is 3. The number of hydrogen-bond acceptors (Lipinski definition) is 6. The number of carbonyl (C=O) groups excluding carboxylic acids is 3. The third-order valence-corrected chi connectivity index (χ3v) is 3.14. The Morgan fingerprint density at radius 1 is 1.27 bits per heavy atom. The Balaban J connectivity index is 2.58. The van der Waals surface area contributed by atoms with Gasteiger partial charge in [0.1, 0.15) is 5.60 Å². The summed E-state index contributed by atoms with van der Waals surface area (Å²) in [4.78, 5) is 37.7. The second-order valence-corrected chi connectivity index (χ2v) is 6.20. The van der Waals surface area contributed by atoms with E-state index in [9.17, 15) is 14.4 Å². The molecule has 0 aromatic carbocycles. The molecule has 0 aromatic rings. The molecule has 0 bridgehead atoms. The van der Waals surface area contributed by atoms with Gasteiger partial charge in [0.2, 0.25) is 5.91 Å². The molecular weight excluding hydrogens is 290 g/mol. The third kappa shape index (κ3) is 5.86. The minimum atomic E-state index is -0.887. The molecule has 0 aromatic heterocycles. The average molecular weight is 315 g/mol. The summed E-state index contributed by atoms with van der Waals surface area (Å²) < 4.78 is 5.33. The zero-order valence-corrected chi connectivity index (χ0v) is 13.3. The van der Waals surface area contributed by atoms with Crippen LogP contribution in [0.5, 0.6) is 0 Å². The standard InChI is InChI=1S/C13H25N5O4/c1-13(2,3)22-12(21)18-5-4-17(9(6-14)7-18)8-10(19)16-11(15)20/h9H,4-8,14H2,1-3H3,(H3,15,16,19,20). The topological polar surface area (TPSA) is 131 Å². The van der Waals surface area contributed by atoms with E-state index in [4.69, 9.17) is 16.2 Å². The van der Waals surface area contributed by atoms with E-state index >= 15 is 0 Å². The summed E-state index contributed by atoms with van der Waals surface area (Å²) in [5.74, 6) is -0.489. The van der Waals surface area contributed by atoms with Crippen molar-refractivity contribution in [3.05, 3.63) is 0 Å². The smallest absolute Gasteiger partial charge is 0.410 e. The molecule has 4 amide bonds. The Morgan fingerprint density at radius 2 is 1.91 bits per heavy atom. The number of ether oxygens (including phenoxy) is 1. The lowest BCUT2D eigenvalue weighted by molar-refractivity contribution is -0.122. The first kappa shape index (κ1) is 18.2. The quantitative estimate of drug-likeness (QED) is 0.616. The van der Waals surface area contributed by atoms with Crippen molar-refractivity contribution in [3.63, 3.8) is 0 Å². The van der Waals surface area contributed by atoms with Crippen molar-refractivity contribution in [1.29, 1.82) is 0 Å². The van der Waals surface area contributed by atoms with Crippen molar-refractivity contribution in [1.82, 2.24) is 15.1 Å². The summed E-state index contributed by atoms with van der Waals surface area (Å²) in [6.07, 6.45) is -0.396. The highest BCUT2D eigenvalue weighted by Gasteiger charge is 2.32. The fourth-order valence-corrected chi connectivity index (χ4v) is 2.18. The predicted molar refractivity (Wildman–Crippen MR) is 79.9 cm³/mol. The van der Waals surface area contributed by atoms with Crippen LogP contribution in [-0.2, 0) is 9.53 Å². The van der Waals surface area contributed by atoms with Crippen molar-refractivity contribution < 1.29 is 19.1 Å². The largest absolute Gasteiger partial charge is 0.444 e. The molecule has 1 saturated heterocycles. The maximum atomic E-state index is 12.1. The van der Waals surface area contributed by atoms with E-state index in [0.29, 0.717) is 19.6 Å². The number of imide groups is 1. The van der Waals surface area contributed by atoms with Gasteiger partial charge in [0.15, 0.2) is 0 Å². The van der Waals surface area contributed by atoms with Crippen LogP contribution in [0.1, 0.15) is 20.8 Å². The zero-order valence-electron chi connectivity index (χ0n) is 13.3. The molecule has 126 valence electrons. The van der Waals surface area contributed by atoms with Crippen molar-refractivity contribution in [2.24, 2.45) is 11.5 Å². The zero-order chi connectivity index (χ0) is 16.9. The molecule has 1 unspecified atom stereocenters. The van der Waals surface area contributed by atoms with E-state index in [1.54, 1.807) is 25.7 Å². The van der Waals surface area contributed by atoms with Crippen molar-refractivity contribution >= 4 is 18.0 Å². The molecule has 22 heavy (non-hydrogen) atoms. The molecule has 0 saturated carbocycles. The normalized spacial score (nSPS) is 19.6. The molecule has 1 aliphatic rings. The highest BCUT2D eigenvalue weighted by atomic mass is 16.6. The first-order valence-electron chi connectivity index (χ1n) is 7.13. The number of rotatable bonds is 3. The van der Waals surface area contributed by atoms with Crippen LogP contribution in [0.15, 0.2) is 0 Å². The molecule has 1 atom stereocenters. The van der Waals surface area contributed by atoms with Gasteiger partial charge in [-0.15, -0.1) is 0 Å². The second-order valence-electron chi connectivity index (χ2n) is 6.20. The second kappa shape index (κ2) is 7.41. The molecule has 0 radical (unpaired) electrons. The molecule has 9 nitrogen and oxygen atoms in total. The number of primary amides is 1. The van der Waals surface area contributed by atoms with Gasteiger partial charge in [-0.25, -0.2) is 9.59 Å². The van der Waals surface area contributed by atoms with Crippen LogP contribution >= 0.6 is 0 Å². The summed E-state index contributed by atoms with van der Waals surface area (Å²) in [7, 11) is 0. The fourth-order valence-electron chi connectivity index (χ4n) is 2.18. The lowest BCUT2D eigenvalue weighted by Crippen LogP contribution is -2.59. The maximum absolute atomic E-state index is 12.1. The maximum Gasteiger partial charge on any atom is 0.410 e. The number of piperazine rings is 1. The third-order valence-electron chi connectivity index (χ3n) is 3.14. The minimum absolute atomic E-state index is 0.00691. The van der Waals surface area contributed by atoms with E-state index in [1.165, 1.54) is 0 Å². The summed E-state index contributed by atoms with van der Waals surface area (Å²) >= 11 is 0. The van der Waals surface area contributed by atoms with Gasteiger partial charge in [-0.2, -0.15) is 0 Å². The molecule has 0 aliphatic carbocycles. The van der Waals surface area contributed by atoms with Gasteiger partial charge in [-0.1, -0.05) is 0 Å². The van der Waals surface area contributed by atoms with E-state index in [-0.39, 0.29) is 19.1 Å². The summed E-state index contributed by atoms with van der Waals surface area (Å²) in [5, 5.41) is 2.01.